The van der Waals surface area contributed by atoms with E-state index in [9.17, 15) is 19.8 Å². The van der Waals surface area contributed by atoms with Crippen LogP contribution in [0.4, 0.5) is 0 Å². The summed E-state index contributed by atoms with van der Waals surface area (Å²) in [5.41, 5.74) is 1.54. The molecular weight excluding hydrogens is 424 g/mol. The van der Waals surface area contributed by atoms with Crippen LogP contribution in [0.25, 0.3) is 0 Å². The molecule has 0 heterocycles. The first-order valence-electron chi connectivity index (χ1n) is 13.9. The molecule has 5 saturated carbocycles. The van der Waals surface area contributed by atoms with Gasteiger partial charge in [0.1, 0.15) is 5.78 Å². The van der Waals surface area contributed by atoms with Crippen LogP contribution < -0.4 is 0 Å². The van der Waals surface area contributed by atoms with Crippen molar-refractivity contribution in [2.75, 3.05) is 0 Å². The van der Waals surface area contributed by atoms with Crippen molar-refractivity contribution < 1.29 is 19.8 Å². The first kappa shape index (κ1) is 24.5. The largest absolute Gasteiger partial charge is 0.478 e. The molecule has 0 aromatic carbocycles. The van der Waals surface area contributed by atoms with E-state index in [2.05, 4.69) is 34.6 Å². The van der Waals surface area contributed by atoms with E-state index in [0.717, 1.165) is 18.8 Å². The van der Waals surface area contributed by atoms with Gasteiger partial charge < -0.3 is 10.2 Å². The number of hydrogen-bond acceptors (Lipinski definition) is 3. The lowest BCUT2D eigenvalue weighted by Gasteiger charge is -2.62. The Kier molecular flexibility index (Phi) is 5.36. The molecule has 5 fully saturated rings. The van der Waals surface area contributed by atoms with Crippen molar-refractivity contribution in [3.8, 4) is 0 Å². The van der Waals surface area contributed by atoms with E-state index >= 15 is 0 Å². The Bertz CT molecular complexity index is 934. The molecule has 0 bridgehead atoms. The van der Waals surface area contributed by atoms with Crippen molar-refractivity contribution in [2.45, 2.75) is 112 Å². The molecular formula is C30H46O4. The summed E-state index contributed by atoms with van der Waals surface area (Å²) < 4.78 is 0. The van der Waals surface area contributed by atoms with Crippen molar-refractivity contribution in [1.82, 2.24) is 0 Å². The number of carboxylic acids is 1. The molecule has 0 radical (unpaired) electrons. The number of Topliss-reactive ketones (excluding diaryl/α,β-unsaturated/α-hetero) is 1. The number of ketones is 1. The summed E-state index contributed by atoms with van der Waals surface area (Å²) in [5.74, 6) is 1.81. The van der Waals surface area contributed by atoms with Gasteiger partial charge in [0.25, 0.3) is 0 Å². The van der Waals surface area contributed by atoms with Gasteiger partial charge in [-0.05, 0) is 116 Å². The molecule has 2 spiro atoms. The van der Waals surface area contributed by atoms with Crippen molar-refractivity contribution in [3.05, 3.63) is 11.6 Å². The van der Waals surface area contributed by atoms with Gasteiger partial charge in [0.2, 0.25) is 0 Å². The van der Waals surface area contributed by atoms with Gasteiger partial charge in [-0.2, -0.15) is 0 Å². The second-order valence-electron chi connectivity index (χ2n) is 14.2. The molecule has 5 aliphatic rings. The van der Waals surface area contributed by atoms with Crippen molar-refractivity contribution >= 4 is 11.8 Å². The van der Waals surface area contributed by atoms with E-state index in [4.69, 9.17) is 0 Å². The molecule has 0 amide bonds. The molecule has 34 heavy (non-hydrogen) atoms. The van der Waals surface area contributed by atoms with Crippen molar-refractivity contribution in [3.63, 3.8) is 0 Å². The second kappa shape index (κ2) is 7.43. The van der Waals surface area contributed by atoms with Crippen LogP contribution in [0.15, 0.2) is 11.6 Å². The number of aliphatic carboxylic acids is 1. The van der Waals surface area contributed by atoms with Crippen LogP contribution >= 0.6 is 0 Å². The maximum Gasteiger partial charge on any atom is 0.331 e. The zero-order valence-corrected chi connectivity index (χ0v) is 22.2. The summed E-state index contributed by atoms with van der Waals surface area (Å²) in [4.78, 5) is 24.0. The van der Waals surface area contributed by atoms with E-state index in [0.29, 0.717) is 46.2 Å². The van der Waals surface area contributed by atoms with Crippen LogP contribution in [0.5, 0.6) is 0 Å². The van der Waals surface area contributed by atoms with Crippen LogP contribution in [0.1, 0.15) is 106 Å². The van der Waals surface area contributed by atoms with E-state index in [1.54, 1.807) is 6.92 Å². The Morgan fingerprint density at radius 1 is 1.00 bits per heavy atom. The zero-order chi connectivity index (χ0) is 24.9. The molecule has 2 N–H and O–H groups in total. The molecule has 4 heteroatoms. The lowest BCUT2D eigenvalue weighted by Crippen LogP contribution is -2.57. The Balaban J connectivity index is 1.38. The van der Waals surface area contributed by atoms with Crippen molar-refractivity contribution in [1.29, 1.82) is 0 Å². The third kappa shape index (κ3) is 2.93. The summed E-state index contributed by atoms with van der Waals surface area (Å²) in [5, 5.41) is 19.8. The standard InChI is InChI=1S/C30H46O4/c1-18(15-20(31)16-19(2)25(33)34)21-9-11-28(6)23-8-7-22-26(3,4)24(32)10-12-29(22)17-30(23,29)14-13-27(21,28)5/h16,18,20-23,31H,7-15,17H2,1-6H3,(H,33,34)/b19-16+/t18-,20-,21-,22+,23+,27-,28+,29-,30+/m1/s1. The number of hydrogen-bond donors (Lipinski definition) is 2. The zero-order valence-electron chi connectivity index (χ0n) is 22.2. The topological polar surface area (TPSA) is 74.6 Å². The van der Waals surface area contributed by atoms with Gasteiger partial charge in [0.05, 0.1) is 6.10 Å². The van der Waals surface area contributed by atoms with E-state index < -0.39 is 12.1 Å². The third-order valence-electron chi connectivity index (χ3n) is 13.0. The third-order valence-corrected chi connectivity index (χ3v) is 13.0. The fraction of sp³-hybridized carbons (Fsp3) is 0.867. The highest BCUT2D eigenvalue weighted by atomic mass is 16.4. The lowest BCUT2D eigenvalue weighted by molar-refractivity contribution is -0.157. The van der Waals surface area contributed by atoms with Crippen LogP contribution in [0.2, 0.25) is 0 Å². The Labute approximate surface area is 206 Å². The highest BCUT2D eigenvalue weighted by Gasteiger charge is 2.82. The van der Waals surface area contributed by atoms with Gasteiger partial charge in [-0.3, -0.25) is 4.79 Å². The van der Waals surface area contributed by atoms with E-state index in [1.807, 2.05) is 0 Å². The predicted molar refractivity (Wildman–Crippen MR) is 133 cm³/mol. The predicted octanol–water partition coefficient (Wildman–Crippen LogP) is 6.41. The summed E-state index contributed by atoms with van der Waals surface area (Å²) in [6, 6.07) is 0. The van der Waals surface area contributed by atoms with Gasteiger partial charge in [0.15, 0.2) is 0 Å². The molecule has 9 atom stereocenters. The normalized spacial score (nSPS) is 48.7. The fourth-order valence-electron chi connectivity index (χ4n) is 11.1. The minimum absolute atomic E-state index is 0.154. The van der Waals surface area contributed by atoms with Gasteiger partial charge >= 0.3 is 5.97 Å². The first-order valence-corrected chi connectivity index (χ1v) is 13.9. The molecule has 4 nitrogen and oxygen atoms in total. The number of carbonyl (C=O) groups is 2. The number of fused-ring (bicyclic) bond motifs is 2. The number of rotatable bonds is 5. The molecule has 0 unspecified atom stereocenters. The Hall–Kier alpha value is -1.16. The Morgan fingerprint density at radius 2 is 1.65 bits per heavy atom. The second-order valence-corrected chi connectivity index (χ2v) is 14.2. The summed E-state index contributed by atoms with van der Waals surface area (Å²) in [7, 11) is 0. The van der Waals surface area contributed by atoms with Crippen LogP contribution in [0.3, 0.4) is 0 Å². The summed E-state index contributed by atoms with van der Waals surface area (Å²) >= 11 is 0. The van der Waals surface area contributed by atoms with E-state index in [-0.39, 0.29) is 16.4 Å². The molecule has 5 rings (SSSR count). The highest BCUT2D eigenvalue weighted by molar-refractivity contribution is 5.86. The minimum Gasteiger partial charge on any atom is -0.478 e. The molecule has 0 aromatic rings. The molecule has 0 aromatic heterocycles. The first-order chi connectivity index (χ1) is 15.8. The summed E-state index contributed by atoms with van der Waals surface area (Å²) in [6.45, 7) is 13.5. The quantitative estimate of drug-likeness (QED) is 0.455. The van der Waals surface area contributed by atoms with Gasteiger partial charge in [-0.25, -0.2) is 4.79 Å². The SMILES string of the molecule is C/C(=C\[C@H](O)C[C@@H](C)[C@H]1CC[C@@]2(C)[C@@H]3CC[C@H]4C(C)(C)C(=O)CC[C@@]45C[C@@]35CC[C@]12C)C(=O)O. The number of carboxylic acid groups (broad SMARTS) is 1. The molecule has 190 valence electrons. The minimum atomic E-state index is -0.953. The highest BCUT2D eigenvalue weighted by Crippen LogP contribution is 2.88. The molecule has 0 aliphatic heterocycles. The van der Waals surface area contributed by atoms with Crippen LogP contribution in [-0.2, 0) is 9.59 Å². The van der Waals surface area contributed by atoms with Gasteiger partial charge in [-0.1, -0.05) is 34.6 Å². The van der Waals surface area contributed by atoms with Gasteiger partial charge in [-0.15, -0.1) is 0 Å². The number of aliphatic hydroxyl groups excluding tert-OH is 1. The molecule has 5 aliphatic carbocycles. The molecule has 0 saturated heterocycles. The maximum atomic E-state index is 12.8. The van der Waals surface area contributed by atoms with Crippen molar-refractivity contribution in [2.24, 2.45) is 50.7 Å². The fourth-order valence-corrected chi connectivity index (χ4v) is 11.1. The van der Waals surface area contributed by atoms with Crippen LogP contribution in [-0.4, -0.2) is 28.1 Å². The number of aliphatic hydroxyl groups is 1. The van der Waals surface area contributed by atoms with Crippen LogP contribution in [0, 0.1) is 50.7 Å². The Morgan fingerprint density at radius 3 is 2.32 bits per heavy atom. The maximum absolute atomic E-state index is 12.8. The average Bonchev–Trinajstić information content (AvgIpc) is 3.33. The summed E-state index contributed by atoms with van der Waals surface area (Å²) in [6.07, 6.45) is 12.3. The lowest BCUT2D eigenvalue weighted by atomic mass is 9.42. The van der Waals surface area contributed by atoms with Gasteiger partial charge in [0, 0.05) is 17.4 Å². The number of carbonyl (C=O) groups excluding carboxylic acids is 1. The smallest absolute Gasteiger partial charge is 0.331 e. The average molecular weight is 471 g/mol. The van der Waals surface area contributed by atoms with E-state index in [1.165, 1.54) is 51.0 Å². The monoisotopic (exact) mass is 470 g/mol.